The van der Waals surface area contributed by atoms with Gasteiger partial charge in [0.05, 0.1) is 27.8 Å². The van der Waals surface area contributed by atoms with Gasteiger partial charge in [-0.05, 0) is 168 Å². The van der Waals surface area contributed by atoms with E-state index in [-0.39, 0.29) is 0 Å². The number of hydrogen-bond donors (Lipinski definition) is 0. The van der Waals surface area contributed by atoms with Crippen molar-refractivity contribution >= 4 is 104 Å². The van der Waals surface area contributed by atoms with E-state index in [9.17, 15) is 0 Å². The third kappa shape index (κ3) is 7.28. The summed E-state index contributed by atoms with van der Waals surface area (Å²) in [5.74, 6) is 0. The number of fused-ring (bicyclic) bond motifs is 13. The Morgan fingerprint density at radius 1 is 0.203 bits per heavy atom. The van der Waals surface area contributed by atoms with Crippen molar-refractivity contribution in [2.24, 2.45) is 0 Å². The molecule has 368 valence electrons. The van der Waals surface area contributed by atoms with E-state index in [0.717, 1.165) is 34.0 Å². The normalized spacial score (nSPS) is 11.8. The molecular formula is C76H49N3. The van der Waals surface area contributed by atoms with E-state index >= 15 is 0 Å². The molecule has 14 aromatic carbocycles. The molecule has 0 bridgehead atoms. The Bertz CT molecular complexity index is 5010. The second-order valence-corrected chi connectivity index (χ2v) is 20.8. The van der Waals surface area contributed by atoms with Gasteiger partial charge in [0.15, 0.2) is 0 Å². The van der Waals surface area contributed by atoms with E-state index in [0.29, 0.717) is 0 Å². The molecule has 0 radical (unpaired) electrons. The van der Waals surface area contributed by atoms with E-state index in [1.54, 1.807) is 0 Å². The smallest absolute Gasteiger partial charge is 0.0541 e. The van der Waals surface area contributed by atoms with Gasteiger partial charge >= 0.3 is 0 Å². The summed E-state index contributed by atoms with van der Waals surface area (Å²) in [5, 5.41) is 15.0. The Balaban J connectivity index is 0.838. The Kier molecular flexibility index (Phi) is 10.3. The van der Waals surface area contributed by atoms with Gasteiger partial charge in [0.1, 0.15) is 0 Å². The van der Waals surface area contributed by atoms with Gasteiger partial charge in [-0.1, -0.05) is 200 Å². The van der Waals surface area contributed by atoms with Crippen molar-refractivity contribution in [1.82, 2.24) is 9.13 Å². The number of rotatable bonds is 8. The standard InChI is InChI=1S/C76H49N3/c1-3-16-50(17-4-1)54-34-43-74-69(46-54)67-27-13-14-28-73(67)78(74)59-39-32-52(33-40-59)56-36-45-76-71(48-56)70-47-55(51-30-37-58(38-31-51)77(57-20-5-2-6-21-57)72-29-15-19-53-18-7-8-22-61(53)72)35-44-75(70)79(76)60-41-42-66-64-25-10-9-23-62(64)63-24-11-12-26-65(63)68(66)49-60/h1-49H. The van der Waals surface area contributed by atoms with E-state index in [1.165, 1.54) is 115 Å². The molecule has 2 aromatic heterocycles. The van der Waals surface area contributed by atoms with Crippen molar-refractivity contribution in [3.8, 4) is 44.8 Å². The van der Waals surface area contributed by atoms with Gasteiger partial charge in [-0.25, -0.2) is 0 Å². The van der Waals surface area contributed by atoms with E-state index in [2.05, 4.69) is 311 Å². The average Bonchev–Trinajstić information content (AvgIpc) is 4.29. The van der Waals surface area contributed by atoms with Gasteiger partial charge in [0.2, 0.25) is 0 Å². The van der Waals surface area contributed by atoms with Crippen LogP contribution in [0.3, 0.4) is 0 Å². The largest absolute Gasteiger partial charge is 0.310 e. The Morgan fingerprint density at radius 3 is 1.20 bits per heavy atom. The zero-order valence-corrected chi connectivity index (χ0v) is 43.1. The van der Waals surface area contributed by atoms with Crippen molar-refractivity contribution in [3.63, 3.8) is 0 Å². The van der Waals surface area contributed by atoms with Crippen molar-refractivity contribution in [2.75, 3.05) is 4.90 Å². The summed E-state index contributed by atoms with van der Waals surface area (Å²) in [7, 11) is 0. The van der Waals surface area contributed by atoms with Gasteiger partial charge in [-0.15, -0.1) is 0 Å². The van der Waals surface area contributed by atoms with Gasteiger partial charge in [0, 0.05) is 49.7 Å². The predicted molar refractivity (Wildman–Crippen MR) is 336 cm³/mol. The number of hydrogen-bond acceptors (Lipinski definition) is 1. The zero-order valence-electron chi connectivity index (χ0n) is 43.1. The fourth-order valence-corrected chi connectivity index (χ4v) is 12.8. The Hall–Kier alpha value is -10.5. The molecule has 79 heavy (non-hydrogen) atoms. The average molecular weight is 1000 g/mol. The third-order valence-electron chi connectivity index (χ3n) is 16.5. The third-order valence-corrected chi connectivity index (χ3v) is 16.5. The number of benzene rings is 14. The highest BCUT2D eigenvalue weighted by Gasteiger charge is 2.20. The Morgan fingerprint density at radius 2 is 0.595 bits per heavy atom. The van der Waals surface area contributed by atoms with Crippen LogP contribution < -0.4 is 4.90 Å². The lowest BCUT2D eigenvalue weighted by Gasteiger charge is -2.27. The first-order valence-corrected chi connectivity index (χ1v) is 27.2. The molecule has 16 rings (SSSR count). The first-order valence-electron chi connectivity index (χ1n) is 27.2. The number of nitrogens with zero attached hydrogens (tertiary/aromatic N) is 3. The quantitative estimate of drug-likeness (QED) is 0.138. The maximum absolute atomic E-state index is 2.47. The fraction of sp³-hybridized carbons (Fsp3) is 0. The molecule has 0 spiro atoms. The monoisotopic (exact) mass is 1000 g/mol. The van der Waals surface area contributed by atoms with Crippen LogP contribution in [0.25, 0.3) is 131 Å². The van der Waals surface area contributed by atoms with Crippen molar-refractivity contribution in [3.05, 3.63) is 297 Å². The van der Waals surface area contributed by atoms with Gasteiger partial charge < -0.3 is 14.0 Å². The van der Waals surface area contributed by atoms with E-state index < -0.39 is 0 Å². The molecule has 3 heteroatoms. The highest BCUT2D eigenvalue weighted by Crippen LogP contribution is 2.43. The van der Waals surface area contributed by atoms with Crippen LogP contribution in [0.1, 0.15) is 0 Å². The lowest BCUT2D eigenvalue weighted by molar-refractivity contribution is 1.18. The summed E-state index contributed by atoms with van der Waals surface area (Å²) >= 11 is 0. The van der Waals surface area contributed by atoms with E-state index in [1.807, 2.05) is 0 Å². The molecule has 0 aliphatic rings. The summed E-state index contributed by atoms with van der Waals surface area (Å²) in [6.07, 6.45) is 0. The molecule has 0 unspecified atom stereocenters. The van der Waals surface area contributed by atoms with Crippen LogP contribution in [-0.2, 0) is 0 Å². The van der Waals surface area contributed by atoms with Crippen molar-refractivity contribution < 1.29 is 0 Å². The second kappa shape index (κ2) is 18.1. The Labute approximate surface area is 457 Å². The van der Waals surface area contributed by atoms with Crippen LogP contribution in [0, 0.1) is 0 Å². The minimum Gasteiger partial charge on any atom is -0.310 e. The fourth-order valence-electron chi connectivity index (χ4n) is 12.8. The van der Waals surface area contributed by atoms with Gasteiger partial charge in [-0.2, -0.15) is 0 Å². The molecule has 0 aliphatic heterocycles. The van der Waals surface area contributed by atoms with E-state index in [4.69, 9.17) is 0 Å². The van der Waals surface area contributed by atoms with Crippen LogP contribution in [-0.4, -0.2) is 9.13 Å². The van der Waals surface area contributed by atoms with Crippen molar-refractivity contribution in [1.29, 1.82) is 0 Å². The van der Waals surface area contributed by atoms with Gasteiger partial charge in [0.25, 0.3) is 0 Å². The van der Waals surface area contributed by atoms with Crippen LogP contribution in [0.2, 0.25) is 0 Å². The summed E-state index contributed by atoms with van der Waals surface area (Å²) in [5.41, 5.74) is 17.5. The van der Waals surface area contributed by atoms with Crippen LogP contribution in [0.15, 0.2) is 297 Å². The lowest BCUT2D eigenvalue weighted by atomic mass is 9.94. The molecule has 0 saturated carbocycles. The summed E-state index contributed by atoms with van der Waals surface area (Å²) < 4.78 is 4.88. The molecule has 16 aromatic rings. The summed E-state index contributed by atoms with van der Waals surface area (Å²) in [6, 6.07) is 109. The molecule has 0 N–H and O–H groups in total. The molecule has 0 amide bonds. The van der Waals surface area contributed by atoms with Crippen LogP contribution in [0.5, 0.6) is 0 Å². The SMILES string of the molecule is c1ccc(-c2ccc3c(c2)c2ccccc2n3-c2ccc(-c3ccc4c(c3)c3cc(-c5ccc(N(c6ccccc6)c6cccc7ccccc67)cc5)ccc3n4-c3ccc4c5ccccc5c5ccccc5c4c3)cc2)cc1. The highest BCUT2D eigenvalue weighted by molar-refractivity contribution is 6.26. The summed E-state index contributed by atoms with van der Waals surface area (Å²) in [4.78, 5) is 2.37. The minimum atomic E-state index is 1.10. The molecule has 0 fully saturated rings. The summed E-state index contributed by atoms with van der Waals surface area (Å²) in [6.45, 7) is 0. The first kappa shape index (κ1) is 44.8. The maximum atomic E-state index is 2.47. The van der Waals surface area contributed by atoms with Crippen LogP contribution in [0.4, 0.5) is 17.1 Å². The molecule has 0 aliphatic carbocycles. The highest BCUT2D eigenvalue weighted by atomic mass is 15.1. The van der Waals surface area contributed by atoms with Crippen LogP contribution >= 0.6 is 0 Å². The maximum Gasteiger partial charge on any atom is 0.0541 e. The molecular weight excluding hydrogens is 955 g/mol. The van der Waals surface area contributed by atoms with Crippen molar-refractivity contribution in [2.45, 2.75) is 0 Å². The molecule has 3 nitrogen and oxygen atoms in total. The van der Waals surface area contributed by atoms with Gasteiger partial charge in [-0.3, -0.25) is 0 Å². The number of aromatic nitrogens is 2. The minimum absolute atomic E-state index is 1.10. The molecule has 2 heterocycles. The second-order valence-electron chi connectivity index (χ2n) is 20.8. The first-order chi connectivity index (χ1) is 39.2. The lowest BCUT2D eigenvalue weighted by Crippen LogP contribution is -2.10. The molecule has 0 saturated heterocycles. The molecule has 0 atom stereocenters. The zero-order chi connectivity index (χ0) is 52.0. The predicted octanol–water partition coefficient (Wildman–Crippen LogP) is 21.0. The number of para-hydroxylation sites is 2. The topological polar surface area (TPSA) is 13.1 Å². The number of anilines is 3.